The molecule has 25 heavy (non-hydrogen) atoms. The number of amides is 2. The lowest BCUT2D eigenvalue weighted by Crippen LogP contribution is -2.42. The van der Waals surface area contributed by atoms with Gasteiger partial charge < -0.3 is 10.2 Å². The van der Waals surface area contributed by atoms with Gasteiger partial charge in [0.15, 0.2) is 0 Å². The summed E-state index contributed by atoms with van der Waals surface area (Å²) in [5.74, 6) is -0.166. The SMILES string of the molecule is O=C(NCCc1cn[nH]c1)N1CCCN(Cc2ccccc2F)CC1. The first-order chi connectivity index (χ1) is 12.2. The van der Waals surface area contributed by atoms with Gasteiger partial charge in [-0.2, -0.15) is 5.10 Å². The van der Waals surface area contributed by atoms with Crippen LogP contribution in [0.15, 0.2) is 36.7 Å². The van der Waals surface area contributed by atoms with Crippen molar-refractivity contribution in [1.29, 1.82) is 0 Å². The molecule has 0 aliphatic carbocycles. The van der Waals surface area contributed by atoms with Crippen LogP contribution in [0.4, 0.5) is 9.18 Å². The van der Waals surface area contributed by atoms with Gasteiger partial charge in [0.05, 0.1) is 6.20 Å². The maximum absolute atomic E-state index is 13.8. The van der Waals surface area contributed by atoms with Crippen LogP contribution >= 0.6 is 0 Å². The van der Waals surface area contributed by atoms with E-state index in [-0.39, 0.29) is 11.8 Å². The Balaban J connectivity index is 1.44. The summed E-state index contributed by atoms with van der Waals surface area (Å²) >= 11 is 0. The lowest BCUT2D eigenvalue weighted by atomic mass is 10.2. The van der Waals surface area contributed by atoms with Gasteiger partial charge in [-0.1, -0.05) is 18.2 Å². The van der Waals surface area contributed by atoms with Crippen LogP contribution in [0, 0.1) is 5.82 Å². The van der Waals surface area contributed by atoms with Crippen molar-refractivity contribution in [3.8, 4) is 0 Å². The maximum atomic E-state index is 13.8. The zero-order valence-electron chi connectivity index (χ0n) is 14.2. The van der Waals surface area contributed by atoms with Crippen LogP contribution in [0.5, 0.6) is 0 Å². The lowest BCUT2D eigenvalue weighted by molar-refractivity contribution is 0.197. The molecule has 0 unspecified atom stereocenters. The number of benzene rings is 1. The molecule has 0 spiro atoms. The molecule has 1 aliphatic heterocycles. The predicted octanol–water partition coefficient (Wildman–Crippen LogP) is 2.01. The van der Waals surface area contributed by atoms with Crippen molar-refractivity contribution < 1.29 is 9.18 Å². The molecule has 1 saturated heterocycles. The van der Waals surface area contributed by atoms with E-state index in [1.54, 1.807) is 12.3 Å². The number of aromatic nitrogens is 2. The third kappa shape index (κ3) is 5.03. The summed E-state index contributed by atoms with van der Waals surface area (Å²) in [6, 6.07) is 6.84. The van der Waals surface area contributed by atoms with E-state index in [1.807, 2.05) is 23.2 Å². The summed E-state index contributed by atoms with van der Waals surface area (Å²) in [5, 5.41) is 9.61. The number of nitrogens with zero attached hydrogens (tertiary/aromatic N) is 3. The van der Waals surface area contributed by atoms with Gasteiger partial charge in [0.1, 0.15) is 5.82 Å². The Kier molecular flexibility index (Phi) is 6.00. The fourth-order valence-corrected chi connectivity index (χ4v) is 3.04. The van der Waals surface area contributed by atoms with Crippen LogP contribution < -0.4 is 5.32 Å². The van der Waals surface area contributed by atoms with Gasteiger partial charge in [-0.25, -0.2) is 9.18 Å². The second-order valence-corrected chi connectivity index (χ2v) is 6.30. The minimum absolute atomic E-state index is 0.0313. The fraction of sp³-hybridized carbons (Fsp3) is 0.444. The van der Waals surface area contributed by atoms with Crippen molar-refractivity contribution in [2.24, 2.45) is 0 Å². The fourth-order valence-electron chi connectivity index (χ4n) is 3.04. The van der Waals surface area contributed by atoms with Crippen molar-refractivity contribution in [3.05, 3.63) is 53.6 Å². The molecular formula is C18H24FN5O. The molecule has 2 heterocycles. The summed E-state index contributed by atoms with van der Waals surface area (Å²) < 4.78 is 13.8. The third-order valence-electron chi connectivity index (χ3n) is 4.47. The molecule has 1 aliphatic rings. The van der Waals surface area contributed by atoms with E-state index in [9.17, 15) is 9.18 Å². The van der Waals surface area contributed by atoms with Gasteiger partial charge >= 0.3 is 6.03 Å². The number of hydrogen-bond acceptors (Lipinski definition) is 3. The minimum atomic E-state index is -0.166. The number of carbonyl (C=O) groups is 1. The van der Waals surface area contributed by atoms with E-state index >= 15 is 0 Å². The zero-order chi connectivity index (χ0) is 17.5. The number of nitrogens with one attached hydrogen (secondary N) is 2. The average molecular weight is 345 g/mol. The van der Waals surface area contributed by atoms with E-state index in [0.29, 0.717) is 25.2 Å². The van der Waals surface area contributed by atoms with Gasteiger partial charge in [0.2, 0.25) is 0 Å². The van der Waals surface area contributed by atoms with E-state index in [0.717, 1.165) is 38.0 Å². The number of rotatable bonds is 5. The summed E-state index contributed by atoms with van der Waals surface area (Å²) in [7, 11) is 0. The summed E-state index contributed by atoms with van der Waals surface area (Å²) in [6.07, 6.45) is 5.25. The minimum Gasteiger partial charge on any atom is -0.338 e. The summed E-state index contributed by atoms with van der Waals surface area (Å²) in [6.45, 7) is 4.18. The van der Waals surface area contributed by atoms with Crippen LogP contribution in [0.3, 0.4) is 0 Å². The van der Waals surface area contributed by atoms with Crippen molar-refractivity contribution in [2.75, 3.05) is 32.7 Å². The summed E-state index contributed by atoms with van der Waals surface area (Å²) in [5.41, 5.74) is 1.78. The van der Waals surface area contributed by atoms with Gasteiger partial charge in [-0.15, -0.1) is 0 Å². The molecule has 3 rings (SSSR count). The highest BCUT2D eigenvalue weighted by molar-refractivity contribution is 5.74. The van der Waals surface area contributed by atoms with Gasteiger partial charge in [0, 0.05) is 51.0 Å². The molecule has 0 saturated carbocycles. The second kappa shape index (κ2) is 8.62. The molecule has 1 fully saturated rings. The lowest BCUT2D eigenvalue weighted by Gasteiger charge is -2.22. The maximum Gasteiger partial charge on any atom is 0.317 e. The van der Waals surface area contributed by atoms with Crippen molar-refractivity contribution >= 4 is 6.03 Å². The monoisotopic (exact) mass is 345 g/mol. The number of H-pyrrole nitrogens is 1. The average Bonchev–Trinajstić information content (AvgIpc) is 3.02. The molecule has 2 N–H and O–H groups in total. The van der Waals surface area contributed by atoms with Gasteiger partial charge in [-0.05, 0) is 24.5 Å². The quantitative estimate of drug-likeness (QED) is 0.871. The Morgan fingerprint density at radius 1 is 1.24 bits per heavy atom. The second-order valence-electron chi connectivity index (χ2n) is 6.30. The first kappa shape index (κ1) is 17.4. The molecule has 134 valence electrons. The van der Waals surface area contributed by atoms with E-state index in [4.69, 9.17) is 0 Å². The number of aromatic amines is 1. The molecule has 0 atom stereocenters. The Hall–Kier alpha value is -2.41. The molecule has 7 heteroatoms. The summed E-state index contributed by atoms with van der Waals surface area (Å²) in [4.78, 5) is 16.4. The van der Waals surface area contributed by atoms with Crippen molar-refractivity contribution in [3.63, 3.8) is 0 Å². The van der Waals surface area contributed by atoms with Crippen LogP contribution in [-0.2, 0) is 13.0 Å². The number of hydrogen-bond donors (Lipinski definition) is 2. The highest BCUT2D eigenvalue weighted by Crippen LogP contribution is 2.12. The molecule has 6 nitrogen and oxygen atoms in total. The normalized spacial score (nSPS) is 15.8. The molecule has 2 amide bonds. The van der Waals surface area contributed by atoms with Crippen LogP contribution in [0.1, 0.15) is 17.5 Å². The van der Waals surface area contributed by atoms with E-state index in [1.165, 1.54) is 6.07 Å². The Morgan fingerprint density at radius 3 is 2.92 bits per heavy atom. The zero-order valence-corrected chi connectivity index (χ0v) is 14.2. The van der Waals surface area contributed by atoms with E-state index < -0.39 is 0 Å². The van der Waals surface area contributed by atoms with Crippen LogP contribution in [0.25, 0.3) is 0 Å². The van der Waals surface area contributed by atoms with E-state index in [2.05, 4.69) is 20.4 Å². The molecular weight excluding hydrogens is 321 g/mol. The smallest absolute Gasteiger partial charge is 0.317 e. The number of carbonyl (C=O) groups excluding carboxylic acids is 1. The Morgan fingerprint density at radius 2 is 2.12 bits per heavy atom. The topological polar surface area (TPSA) is 64.3 Å². The van der Waals surface area contributed by atoms with Crippen molar-refractivity contribution in [2.45, 2.75) is 19.4 Å². The Bertz CT molecular complexity index is 676. The van der Waals surface area contributed by atoms with Gasteiger partial charge in [-0.3, -0.25) is 10.00 Å². The predicted molar refractivity (Wildman–Crippen MR) is 93.6 cm³/mol. The molecule has 0 bridgehead atoms. The largest absolute Gasteiger partial charge is 0.338 e. The molecule has 0 radical (unpaired) electrons. The standard InChI is InChI=1S/C18H24FN5O/c19-17-5-2-1-4-16(17)14-23-8-3-9-24(11-10-23)18(25)20-7-6-15-12-21-22-13-15/h1-2,4-5,12-13H,3,6-11,14H2,(H,20,25)(H,21,22). The van der Waals surface area contributed by atoms with Crippen molar-refractivity contribution in [1.82, 2.24) is 25.3 Å². The molecule has 1 aromatic carbocycles. The highest BCUT2D eigenvalue weighted by Gasteiger charge is 2.19. The molecule has 2 aromatic rings. The number of urea groups is 1. The first-order valence-electron chi connectivity index (χ1n) is 8.68. The van der Waals surface area contributed by atoms with Crippen LogP contribution in [-0.4, -0.2) is 58.8 Å². The van der Waals surface area contributed by atoms with Crippen LogP contribution in [0.2, 0.25) is 0 Å². The van der Waals surface area contributed by atoms with Gasteiger partial charge in [0.25, 0.3) is 0 Å². The number of halogens is 1. The highest BCUT2D eigenvalue weighted by atomic mass is 19.1. The first-order valence-corrected chi connectivity index (χ1v) is 8.68. The third-order valence-corrected chi connectivity index (χ3v) is 4.47. The molecule has 1 aromatic heterocycles. The Labute approximate surface area is 147 Å².